The zero-order chi connectivity index (χ0) is 13.6. The maximum absolute atomic E-state index is 10.2. The standard InChI is InChI=1S/C14H22Br2O2/c15-13(16)11-9-7-5-3-1-2-4-6-8-10-12-14(17)18/h10-12H,1-9H2,(H,17,18)/b12-10+. The van der Waals surface area contributed by atoms with Crippen LogP contribution in [0.3, 0.4) is 0 Å². The summed E-state index contributed by atoms with van der Waals surface area (Å²) in [5, 5.41) is 8.39. The summed E-state index contributed by atoms with van der Waals surface area (Å²) in [6.45, 7) is 0. The topological polar surface area (TPSA) is 37.3 Å². The van der Waals surface area contributed by atoms with Crippen molar-refractivity contribution in [2.45, 2.75) is 57.8 Å². The first-order valence-electron chi connectivity index (χ1n) is 6.53. The minimum Gasteiger partial charge on any atom is -0.478 e. The lowest BCUT2D eigenvalue weighted by Gasteiger charge is -2.00. The summed E-state index contributed by atoms with van der Waals surface area (Å²) in [6.07, 6.45) is 15.9. The molecule has 0 aromatic carbocycles. The van der Waals surface area contributed by atoms with E-state index in [4.69, 9.17) is 5.11 Å². The van der Waals surface area contributed by atoms with Crippen LogP contribution >= 0.6 is 31.9 Å². The summed E-state index contributed by atoms with van der Waals surface area (Å²) in [5.74, 6) is -0.848. The van der Waals surface area contributed by atoms with Crippen LogP contribution in [-0.4, -0.2) is 11.1 Å². The molecule has 0 aliphatic rings. The van der Waals surface area contributed by atoms with Gasteiger partial charge in [0.15, 0.2) is 0 Å². The Bertz CT molecular complexity index is 269. The van der Waals surface area contributed by atoms with Gasteiger partial charge in [-0.1, -0.05) is 44.3 Å². The van der Waals surface area contributed by atoms with Gasteiger partial charge >= 0.3 is 5.97 Å². The highest BCUT2D eigenvalue weighted by molar-refractivity contribution is 9.28. The van der Waals surface area contributed by atoms with Crippen molar-refractivity contribution < 1.29 is 9.90 Å². The molecule has 0 unspecified atom stereocenters. The first-order valence-corrected chi connectivity index (χ1v) is 8.12. The number of hydrogen-bond donors (Lipinski definition) is 1. The molecule has 1 N–H and O–H groups in total. The van der Waals surface area contributed by atoms with Crippen molar-refractivity contribution in [2.24, 2.45) is 0 Å². The van der Waals surface area contributed by atoms with Gasteiger partial charge in [-0.2, -0.15) is 0 Å². The number of aliphatic carboxylic acids is 1. The van der Waals surface area contributed by atoms with Crippen LogP contribution in [-0.2, 0) is 4.79 Å². The first-order chi connectivity index (χ1) is 8.63. The molecule has 0 saturated carbocycles. The smallest absolute Gasteiger partial charge is 0.327 e. The molecule has 0 atom stereocenters. The summed E-state index contributed by atoms with van der Waals surface area (Å²) >= 11 is 6.69. The van der Waals surface area contributed by atoms with Crippen molar-refractivity contribution in [3.63, 3.8) is 0 Å². The van der Waals surface area contributed by atoms with Gasteiger partial charge < -0.3 is 5.11 Å². The van der Waals surface area contributed by atoms with Crippen molar-refractivity contribution in [1.82, 2.24) is 0 Å². The van der Waals surface area contributed by atoms with Gasteiger partial charge in [0.2, 0.25) is 0 Å². The van der Waals surface area contributed by atoms with Crippen molar-refractivity contribution in [3.8, 4) is 0 Å². The van der Waals surface area contributed by atoms with Crippen LogP contribution in [0.4, 0.5) is 0 Å². The second kappa shape index (κ2) is 13.3. The number of allylic oxidation sites excluding steroid dienone is 2. The Morgan fingerprint density at radius 1 is 0.889 bits per heavy atom. The van der Waals surface area contributed by atoms with E-state index in [1.165, 1.54) is 44.6 Å². The Balaban J connectivity index is 3.12. The van der Waals surface area contributed by atoms with Gasteiger partial charge in [0.05, 0.1) is 3.39 Å². The van der Waals surface area contributed by atoms with Crippen molar-refractivity contribution in [2.75, 3.05) is 0 Å². The first kappa shape index (κ1) is 17.9. The van der Waals surface area contributed by atoms with Crippen LogP contribution in [0, 0.1) is 0 Å². The number of hydrogen-bond acceptors (Lipinski definition) is 1. The molecule has 0 fully saturated rings. The lowest BCUT2D eigenvalue weighted by Crippen LogP contribution is -1.85. The van der Waals surface area contributed by atoms with Crippen molar-refractivity contribution in [1.29, 1.82) is 0 Å². The monoisotopic (exact) mass is 380 g/mol. The van der Waals surface area contributed by atoms with E-state index in [0.29, 0.717) is 0 Å². The number of carbonyl (C=O) groups is 1. The molecule has 0 amide bonds. The molecule has 0 bridgehead atoms. The highest BCUT2D eigenvalue weighted by Crippen LogP contribution is 2.16. The van der Waals surface area contributed by atoms with E-state index in [1.807, 2.05) is 0 Å². The van der Waals surface area contributed by atoms with Crippen LogP contribution in [0.5, 0.6) is 0 Å². The van der Waals surface area contributed by atoms with Gasteiger partial charge in [0.1, 0.15) is 0 Å². The predicted octanol–water partition coefficient (Wildman–Crippen LogP) is 5.77. The zero-order valence-electron chi connectivity index (χ0n) is 10.7. The second-order valence-electron chi connectivity index (χ2n) is 4.29. The van der Waals surface area contributed by atoms with Crippen LogP contribution in [0.1, 0.15) is 57.8 Å². The summed E-state index contributed by atoms with van der Waals surface area (Å²) in [4.78, 5) is 10.2. The maximum Gasteiger partial charge on any atom is 0.327 e. The summed E-state index contributed by atoms with van der Waals surface area (Å²) in [7, 11) is 0. The Kier molecular flexibility index (Phi) is 13.3. The van der Waals surface area contributed by atoms with Gasteiger partial charge in [0, 0.05) is 6.08 Å². The average molecular weight is 382 g/mol. The molecule has 0 radical (unpaired) electrons. The fourth-order valence-electron chi connectivity index (χ4n) is 1.69. The van der Waals surface area contributed by atoms with E-state index in [-0.39, 0.29) is 0 Å². The molecular weight excluding hydrogens is 360 g/mol. The Morgan fingerprint density at radius 3 is 1.89 bits per heavy atom. The van der Waals surface area contributed by atoms with Gasteiger partial charge in [0.25, 0.3) is 0 Å². The van der Waals surface area contributed by atoms with E-state index < -0.39 is 5.97 Å². The van der Waals surface area contributed by atoms with Crippen LogP contribution in [0.25, 0.3) is 0 Å². The molecule has 0 aromatic rings. The lowest BCUT2D eigenvalue weighted by molar-refractivity contribution is -0.131. The number of carboxylic acid groups (broad SMARTS) is 1. The highest BCUT2D eigenvalue weighted by atomic mass is 79.9. The SMILES string of the molecule is O=C(O)/C=C/CCCCCCCCCC=C(Br)Br. The largest absolute Gasteiger partial charge is 0.478 e. The molecule has 18 heavy (non-hydrogen) atoms. The van der Waals surface area contributed by atoms with Gasteiger partial charge in [-0.05, 0) is 57.5 Å². The number of halogens is 2. The fourth-order valence-corrected chi connectivity index (χ4v) is 2.14. The maximum atomic E-state index is 10.2. The highest BCUT2D eigenvalue weighted by Gasteiger charge is 1.92. The van der Waals surface area contributed by atoms with Crippen LogP contribution < -0.4 is 0 Å². The molecule has 0 aliphatic carbocycles. The Morgan fingerprint density at radius 2 is 1.39 bits per heavy atom. The molecule has 4 heteroatoms. The third-order valence-corrected chi connectivity index (χ3v) is 3.28. The summed E-state index contributed by atoms with van der Waals surface area (Å²) in [6, 6.07) is 0. The lowest BCUT2D eigenvalue weighted by atomic mass is 10.1. The minimum absolute atomic E-state index is 0.848. The van der Waals surface area contributed by atoms with E-state index >= 15 is 0 Å². The summed E-state index contributed by atoms with van der Waals surface area (Å²) in [5.41, 5.74) is 0. The van der Waals surface area contributed by atoms with E-state index in [0.717, 1.165) is 22.7 Å². The van der Waals surface area contributed by atoms with Crippen molar-refractivity contribution in [3.05, 3.63) is 21.6 Å². The van der Waals surface area contributed by atoms with Gasteiger partial charge in [-0.3, -0.25) is 0 Å². The zero-order valence-corrected chi connectivity index (χ0v) is 13.9. The Labute approximate surface area is 127 Å². The fraction of sp³-hybridized carbons (Fsp3) is 0.643. The third-order valence-electron chi connectivity index (χ3n) is 2.63. The normalized spacial score (nSPS) is 10.8. The number of unbranched alkanes of at least 4 members (excludes halogenated alkanes) is 8. The molecule has 2 nitrogen and oxygen atoms in total. The molecule has 0 spiro atoms. The molecule has 0 rings (SSSR count). The molecule has 0 saturated heterocycles. The Hall–Kier alpha value is -0.0900. The van der Waals surface area contributed by atoms with Crippen molar-refractivity contribution >= 4 is 37.8 Å². The van der Waals surface area contributed by atoms with E-state index in [2.05, 4.69) is 37.9 Å². The average Bonchev–Trinajstić information content (AvgIpc) is 2.29. The minimum atomic E-state index is -0.848. The molecule has 0 heterocycles. The van der Waals surface area contributed by atoms with E-state index in [9.17, 15) is 4.79 Å². The molecule has 0 aliphatic heterocycles. The van der Waals surface area contributed by atoms with Crippen LogP contribution in [0.2, 0.25) is 0 Å². The summed E-state index contributed by atoms with van der Waals surface area (Å²) < 4.78 is 1.05. The van der Waals surface area contributed by atoms with Gasteiger partial charge in [-0.25, -0.2) is 4.79 Å². The molecule has 0 aromatic heterocycles. The second-order valence-corrected chi connectivity index (χ2v) is 7.06. The molecule has 104 valence electrons. The van der Waals surface area contributed by atoms with Gasteiger partial charge in [-0.15, -0.1) is 0 Å². The quantitative estimate of drug-likeness (QED) is 0.364. The predicted molar refractivity (Wildman–Crippen MR) is 84.3 cm³/mol. The molecular formula is C14H22Br2O2. The van der Waals surface area contributed by atoms with Crippen LogP contribution in [0.15, 0.2) is 21.6 Å². The third kappa shape index (κ3) is 15.9. The number of carboxylic acids is 1. The van der Waals surface area contributed by atoms with E-state index in [1.54, 1.807) is 6.08 Å². The number of rotatable bonds is 11.